The number of aliphatic carboxylic acids is 1. The van der Waals surface area contributed by atoms with Gasteiger partial charge in [-0.1, -0.05) is 34.1 Å². The first-order chi connectivity index (χ1) is 17.0. The Kier molecular flexibility index (Phi) is 13.7. The Hall–Kier alpha value is -2.99. The van der Waals surface area contributed by atoms with Gasteiger partial charge in [-0.25, -0.2) is 9.78 Å². The van der Waals surface area contributed by atoms with Crippen molar-refractivity contribution < 1.29 is 24.3 Å². The number of unbranched alkanes of at least 4 members (excludes halogenated alkanes) is 1. The number of imidazole rings is 1. The highest BCUT2D eigenvalue weighted by Crippen LogP contribution is 2.12. The van der Waals surface area contributed by atoms with Crippen molar-refractivity contribution in [3.05, 3.63) is 18.2 Å². The number of nitrogens with two attached hydrogens (primary N) is 2. The van der Waals surface area contributed by atoms with E-state index in [0.717, 1.165) is 0 Å². The van der Waals surface area contributed by atoms with Crippen molar-refractivity contribution in [2.24, 2.45) is 23.3 Å². The summed E-state index contributed by atoms with van der Waals surface area (Å²) in [6.07, 6.45) is 5.61. The largest absolute Gasteiger partial charge is 0.480 e. The van der Waals surface area contributed by atoms with E-state index in [2.05, 4.69) is 25.9 Å². The summed E-state index contributed by atoms with van der Waals surface area (Å²) in [5, 5.41) is 17.5. The van der Waals surface area contributed by atoms with E-state index in [4.69, 9.17) is 11.5 Å². The molecule has 0 radical (unpaired) electrons. The molecule has 0 fully saturated rings. The zero-order valence-electron chi connectivity index (χ0n) is 21.8. The predicted molar refractivity (Wildman–Crippen MR) is 136 cm³/mol. The lowest BCUT2D eigenvalue weighted by molar-refractivity contribution is -0.143. The molecule has 0 aliphatic carbocycles. The first kappa shape index (κ1) is 31.0. The monoisotopic (exact) mass is 509 g/mol. The van der Waals surface area contributed by atoms with Crippen molar-refractivity contribution in [3.8, 4) is 0 Å². The number of aromatic nitrogens is 2. The van der Waals surface area contributed by atoms with Crippen molar-refractivity contribution >= 4 is 23.7 Å². The van der Waals surface area contributed by atoms with Gasteiger partial charge in [0.05, 0.1) is 12.4 Å². The van der Waals surface area contributed by atoms with Gasteiger partial charge in [0.15, 0.2) is 0 Å². The summed E-state index contributed by atoms with van der Waals surface area (Å²) >= 11 is 0. The molecule has 0 saturated heterocycles. The molecule has 5 unspecified atom stereocenters. The van der Waals surface area contributed by atoms with E-state index in [9.17, 15) is 24.3 Å². The van der Waals surface area contributed by atoms with Crippen LogP contribution in [0.15, 0.2) is 12.5 Å². The van der Waals surface area contributed by atoms with Crippen LogP contribution in [0.4, 0.5) is 0 Å². The number of carboxylic acids is 1. The quantitative estimate of drug-likeness (QED) is 0.142. The minimum Gasteiger partial charge on any atom is -0.480 e. The molecule has 204 valence electrons. The molecular weight excluding hydrogens is 466 g/mol. The Balaban J connectivity index is 2.97. The van der Waals surface area contributed by atoms with Crippen LogP contribution in [0.3, 0.4) is 0 Å². The summed E-state index contributed by atoms with van der Waals surface area (Å²) in [5.74, 6) is -2.95. The first-order valence-corrected chi connectivity index (χ1v) is 12.6. The summed E-state index contributed by atoms with van der Waals surface area (Å²) in [6.45, 7) is 7.85. The van der Waals surface area contributed by atoms with Crippen LogP contribution in [0.1, 0.15) is 65.5 Å². The third kappa shape index (κ3) is 10.7. The van der Waals surface area contributed by atoms with Crippen LogP contribution < -0.4 is 27.4 Å². The van der Waals surface area contributed by atoms with Crippen molar-refractivity contribution in [3.63, 3.8) is 0 Å². The lowest BCUT2D eigenvalue weighted by Gasteiger charge is -2.28. The highest BCUT2D eigenvalue weighted by atomic mass is 16.4. The van der Waals surface area contributed by atoms with Crippen LogP contribution >= 0.6 is 0 Å². The predicted octanol–water partition coefficient (Wildman–Crippen LogP) is 0.0397. The number of nitrogens with zero attached hydrogens (tertiary/aromatic N) is 1. The van der Waals surface area contributed by atoms with Gasteiger partial charge in [0.2, 0.25) is 17.7 Å². The molecule has 5 atom stereocenters. The number of hydrogen-bond donors (Lipinski definition) is 7. The standard InChI is InChI=1S/C24H43N7O5/c1-5-15(4)20(31-21(32)17(26)11-16-12-27-13-28-16)23(34)29-18(8-6-7-9-25)22(33)30-19(24(35)36)10-14(2)3/h12-15,17-20H,5-11,25-26H2,1-4H3,(H,27,28)(H,29,34)(H,30,33)(H,31,32)(H,35,36). The number of carbonyl (C=O) groups excluding carboxylic acids is 3. The highest BCUT2D eigenvalue weighted by molar-refractivity contribution is 5.94. The van der Waals surface area contributed by atoms with Crippen molar-refractivity contribution in [2.75, 3.05) is 6.54 Å². The summed E-state index contributed by atoms with van der Waals surface area (Å²) in [7, 11) is 0. The minimum atomic E-state index is -1.14. The molecular formula is C24H43N7O5. The van der Waals surface area contributed by atoms with E-state index < -0.39 is 47.9 Å². The second-order valence-corrected chi connectivity index (χ2v) is 9.63. The summed E-state index contributed by atoms with van der Waals surface area (Å²) < 4.78 is 0. The second kappa shape index (κ2) is 15.9. The Morgan fingerprint density at radius 2 is 1.69 bits per heavy atom. The van der Waals surface area contributed by atoms with Gasteiger partial charge in [-0.05, 0) is 44.1 Å². The number of aromatic amines is 1. The van der Waals surface area contributed by atoms with Gasteiger partial charge in [-0.2, -0.15) is 0 Å². The second-order valence-electron chi connectivity index (χ2n) is 9.63. The Morgan fingerprint density at radius 3 is 2.22 bits per heavy atom. The van der Waals surface area contributed by atoms with Crippen LogP contribution in [-0.4, -0.2) is 69.5 Å². The zero-order chi connectivity index (χ0) is 27.3. The fourth-order valence-corrected chi connectivity index (χ4v) is 3.68. The van der Waals surface area contributed by atoms with E-state index in [-0.39, 0.29) is 31.1 Å². The maximum Gasteiger partial charge on any atom is 0.326 e. The third-order valence-electron chi connectivity index (χ3n) is 6.03. The lowest BCUT2D eigenvalue weighted by Crippen LogP contribution is -2.58. The molecule has 1 aromatic rings. The van der Waals surface area contributed by atoms with Gasteiger partial charge in [0.1, 0.15) is 18.1 Å². The normalized spacial score (nSPS) is 15.4. The molecule has 12 nitrogen and oxygen atoms in total. The Bertz CT molecular complexity index is 831. The maximum atomic E-state index is 13.3. The average Bonchev–Trinajstić information content (AvgIpc) is 3.33. The van der Waals surface area contributed by atoms with Gasteiger partial charge >= 0.3 is 5.97 Å². The van der Waals surface area contributed by atoms with Crippen molar-refractivity contribution in [1.82, 2.24) is 25.9 Å². The molecule has 12 heteroatoms. The molecule has 0 aromatic carbocycles. The van der Waals surface area contributed by atoms with E-state index in [0.29, 0.717) is 31.5 Å². The molecule has 0 aliphatic heterocycles. The number of nitrogens with one attached hydrogen (secondary N) is 4. The van der Waals surface area contributed by atoms with Gasteiger partial charge in [-0.3, -0.25) is 14.4 Å². The lowest BCUT2D eigenvalue weighted by atomic mass is 9.96. The van der Waals surface area contributed by atoms with Gasteiger partial charge in [-0.15, -0.1) is 0 Å². The third-order valence-corrected chi connectivity index (χ3v) is 6.03. The fraction of sp³-hybridized carbons (Fsp3) is 0.708. The summed E-state index contributed by atoms with van der Waals surface area (Å²) in [5.41, 5.74) is 12.3. The van der Waals surface area contributed by atoms with E-state index in [1.54, 1.807) is 6.20 Å². The molecule has 0 saturated carbocycles. The smallest absolute Gasteiger partial charge is 0.326 e. The van der Waals surface area contributed by atoms with E-state index >= 15 is 0 Å². The van der Waals surface area contributed by atoms with Crippen LogP contribution in [0, 0.1) is 11.8 Å². The first-order valence-electron chi connectivity index (χ1n) is 12.6. The van der Waals surface area contributed by atoms with Crippen LogP contribution in [0.5, 0.6) is 0 Å². The molecule has 0 bridgehead atoms. The zero-order valence-corrected chi connectivity index (χ0v) is 21.8. The van der Waals surface area contributed by atoms with Gasteiger partial charge in [0.25, 0.3) is 0 Å². The van der Waals surface area contributed by atoms with Crippen molar-refractivity contribution in [1.29, 1.82) is 0 Å². The Morgan fingerprint density at radius 1 is 1.03 bits per heavy atom. The highest BCUT2D eigenvalue weighted by Gasteiger charge is 2.32. The molecule has 1 rings (SSSR count). The molecule has 3 amide bonds. The number of carboxylic acid groups (broad SMARTS) is 1. The van der Waals surface area contributed by atoms with Gasteiger partial charge in [0, 0.05) is 18.3 Å². The molecule has 0 spiro atoms. The molecule has 36 heavy (non-hydrogen) atoms. The minimum absolute atomic E-state index is 0.0487. The molecule has 1 heterocycles. The summed E-state index contributed by atoms with van der Waals surface area (Å²) in [4.78, 5) is 57.4. The molecule has 9 N–H and O–H groups in total. The van der Waals surface area contributed by atoms with Gasteiger partial charge < -0.3 is 37.5 Å². The van der Waals surface area contributed by atoms with Crippen LogP contribution in [0.25, 0.3) is 0 Å². The fourth-order valence-electron chi connectivity index (χ4n) is 3.68. The van der Waals surface area contributed by atoms with E-state index in [1.807, 2.05) is 27.7 Å². The number of amides is 3. The van der Waals surface area contributed by atoms with E-state index in [1.165, 1.54) is 6.33 Å². The van der Waals surface area contributed by atoms with Crippen LogP contribution in [-0.2, 0) is 25.6 Å². The number of H-pyrrole nitrogens is 1. The van der Waals surface area contributed by atoms with Crippen LogP contribution in [0.2, 0.25) is 0 Å². The Labute approximate surface area is 212 Å². The number of hydrogen-bond acceptors (Lipinski definition) is 7. The molecule has 1 aromatic heterocycles. The number of carbonyl (C=O) groups is 4. The summed E-state index contributed by atoms with van der Waals surface area (Å²) in [6, 6.07) is -3.87. The molecule has 0 aliphatic rings. The topological polar surface area (TPSA) is 205 Å². The maximum absolute atomic E-state index is 13.3. The SMILES string of the molecule is CCC(C)C(NC(=O)C(N)Cc1cnc[nH]1)C(=O)NC(CCCCN)C(=O)NC(CC(C)C)C(=O)O. The van der Waals surface area contributed by atoms with Crippen molar-refractivity contribution in [2.45, 2.75) is 90.4 Å². The average molecular weight is 510 g/mol. The number of rotatable bonds is 17.